The van der Waals surface area contributed by atoms with Crippen molar-refractivity contribution >= 4 is 6.09 Å². The van der Waals surface area contributed by atoms with Crippen molar-refractivity contribution in [3.63, 3.8) is 0 Å². The van der Waals surface area contributed by atoms with Crippen LogP contribution in [0.15, 0.2) is 0 Å². The average Bonchev–Trinajstić information content (AvgIpc) is 2.55. The Balaban J connectivity index is 2.31. The van der Waals surface area contributed by atoms with Gasteiger partial charge >= 0.3 is 6.09 Å². The summed E-state index contributed by atoms with van der Waals surface area (Å²) in [7, 11) is 2.04. The number of ether oxygens (including phenoxy) is 1. The second-order valence-electron chi connectivity index (χ2n) is 4.16. The maximum Gasteiger partial charge on any atom is 0.410 e. The van der Waals surface area contributed by atoms with Gasteiger partial charge in [0.1, 0.15) is 6.10 Å². The summed E-state index contributed by atoms with van der Waals surface area (Å²) in [5, 5.41) is 0. The SMILES string of the molecule is CCCCN1C[C@H](CN(C)CC)OC1=O. The Morgan fingerprint density at radius 2 is 2.27 bits per heavy atom. The van der Waals surface area contributed by atoms with Crippen molar-refractivity contribution in [3.8, 4) is 0 Å². The summed E-state index contributed by atoms with van der Waals surface area (Å²) >= 11 is 0. The van der Waals surface area contributed by atoms with Crippen LogP contribution >= 0.6 is 0 Å². The van der Waals surface area contributed by atoms with E-state index in [1.54, 1.807) is 0 Å². The van der Waals surface area contributed by atoms with Gasteiger partial charge in [-0.15, -0.1) is 0 Å². The number of carbonyl (C=O) groups is 1. The molecule has 1 heterocycles. The molecule has 0 aromatic rings. The lowest BCUT2D eigenvalue weighted by Crippen LogP contribution is -2.32. The standard InChI is InChI=1S/C11H22N2O2/c1-4-6-7-13-9-10(15-11(13)14)8-12(3)5-2/h10H,4-9H2,1-3H3/t10-/m0/s1. The molecule has 0 saturated carbocycles. The summed E-state index contributed by atoms with van der Waals surface area (Å²) in [6, 6.07) is 0. The maximum atomic E-state index is 11.4. The van der Waals surface area contributed by atoms with Crippen molar-refractivity contribution in [1.29, 1.82) is 0 Å². The van der Waals surface area contributed by atoms with Gasteiger partial charge in [-0.2, -0.15) is 0 Å². The Bertz CT molecular complexity index is 209. The highest BCUT2D eigenvalue weighted by atomic mass is 16.6. The molecule has 1 saturated heterocycles. The number of nitrogens with zero attached hydrogens (tertiary/aromatic N) is 2. The first-order valence-corrected chi connectivity index (χ1v) is 5.81. The molecule has 1 aliphatic rings. The van der Waals surface area contributed by atoms with Gasteiger partial charge in [-0.3, -0.25) is 0 Å². The Morgan fingerprint density at radius 1 is 1.53 bits per heavy atom. The molecule has 0 aromatic heterocycles. The van der Waals surface area contributed by atoms with Crippen LogP contribution in [-0.4, -0.2) is 55.2 Å². The predicted molar refractivity (Wildman–Crippen MR) is 59.9 cm³/mol. The minimum atomic E-state index is -0.141. The summed E-state index contributed by atoms with van der Waals surface area (Å²) in [6.45, 7) is 7.65. The van der Waals surface area contributed by atoms with Crippen LogP contribution < -0.4 is 0 Å². The van der Waals surface area contributed by atoms with Crippen LogP contribution in [0.2, 0.25) is 0 Å². The van der Waals surface area contributed by atoms with E-state index in [4.69, 9.17) is 4.74 Å². The summed E-state index contributed by atoms with van der Waals surface area (Å²) in [5.41, 5.74) is 0. The van der Waals surface area contributed by atoms with Crippen molar-refractivity contribution in [1.82, 2.24) is 9.80 Å². The molecular weight excluding hydrogens is 192 g/mol. The molecule has 0 aliphatic carbocycles. The summed E-state index contributed by atoms with van der Waals surface area (Å²) in [5.74, 6) is 0. The summed E-state index contributed by atoms with van der Waals surface area (Å²) in [6.07, 6.45) is 2.09. The van der Waals surface area contributed by atoms with Gasteiger partial charge in [-0.1, -0.05) is 20.3 Å². The second-order valence-corrected chi connectivity index (χ2v) is 4.16. The number of rotatable bonds is 6. The molecule has 88 valence electrons. The number of unbranched alkanes of at least 4 members (excludes halogenated alkanes) is 1. The fraction of sp³-hybridized carbons (Fsp3) is 0.909. The minimum Gasteiger partial charge on any atom is -0.443 e. The first kappa shape index (κ1) is 12.3. The van der Waals surface area contributed by atoms with Crippen LogP contribution in [0.5, 0.6) is 0 Å². The first-order chi connectivity index (χ1) is 7.17. The molecule has 1 amide bonds. The quantitative estimate of drug-likeness (QED) is 0.672. The van der Waals surface area contributed by atoms with Crippen molar-refractivity contribution in [3.05, 3.63) is 0 Å². The largest absolute Gasteiger partial charge is 0.443 e. The third kappa shape index (κ3) is 3.70. The smallest absolute Gasteiger partial charge is 0.410 e. The highest BCUT2D eigenvalue weighted by Crippen LogP contribution is 2.12. The number of carbonyl (C=O) groups excluding carboxylic acids is 1. The molecule has 0 radical (unpaired) electrons. The summed E-state index contributed by atoms with van der Waals surface area (Å²) in [4.78, 5) is 15.4. The van der Waals surface area contributed by atoms with E-state index in [1.807, 2.05) is 11.9 Å². The third-order valence-electron chi connectivity index (χ3n) is 2.79. The molecule has 1 fully saturated rings. The van der Waals surface area contributed by atoms with E-state index in [0.29, 0.717) is 0 Å². The van der Waals surface area contributed by atoms with Crippen LogP contribution in [0, 0.1) is 0 Å². The van der Waals surface area contributed by atoms with Crippen LogP contribution in [0.3, 0.4) is 0 Å². The molecule has 0 unspecified atom stereocenters. The zero-order valence-electron chi connectivity index (χ0n) is 10.0. The Kier molecular flexibility index (Phi) is 4.88. The lowest BCUT2D eigenvalue weighted by atomic mass is 10.3. The zero-order chi connectivity index (χ0) is 11.3. The van der Waals surface area contributed by atoms with Gasteiger partial charge in [-0.05, 0) is 20.0 Å². The van der Waals surface area contributed by atoms with E-state index in [-0.39, 0.29) is 12.2 Å². The molecule has 4 nitrogen and oxygen atoms in total. The van der Waals surface area contributed by atoms with Crippen molar-refractivity contribution in [2.24, 2.45) is 0 Å². The lowest BCUT2D eigenvalue weighted by molar-refractivity contribution is 0.114. The highest BCUT2D eigenvalue weighted by Gasteiger charge is 2.30. The average molecular weight is 214 g/mol. The molecule has 0 spiro atoms. The van der Waals surface area contributed by atoms with E-state index in [0.717, 1.165) is 39.0 Å². The highest BCUT2D eigenvalue weighted by molar-refractivity contribution is 5.69. The molecule has 4 heteroatoms. The first-order valence-electron chi connectivity index (χ1n) is 5.81. The van der Waals surface area contributed by atoms with Gasteiger partial charge < -0.3 is 14.5 Å². The topological polar surface area (TPSA) is 32.8 Å². The van der Waals surface area contributed by atoms with Gasteiger partial charge in [0.15, 0.2) is 0 Å². The number of likely N-dealkylation sites (N-methyl/N-ethyl adjacent to an activating group) is 1. The fourth-order valence-corrected chi connectivity index (χ4v) is 1.68. The molecular formula is C11H22N2O2. The molecule has 0 bridgehead atoms. The second kappa shape index (κ2) is 5.95. The van der Waals surface area contributed by atoms with E-state index >= 15 is 0 Å². The molecule has 1 aliphatic heterocycles. The predicted octanol–water partition coefficient (Wildman–Crippen LogP) is 1.56. The van der Waals surface area contributed by atoms with Crippen LogP contribution in [0.25, 0.3) is 0 Å². The van der Waals surface area contributed by atoms with E-state index < -0.39 is 0 Å². The molecule has 1 rings (SSSR count). The van der Waals surface area contributed by atoms with Crippen molar-refractivity contribution < 1.29 is 9.53 Å². The number of hydrogen-bond acceptors (Lipinski definition) is 3. The van der Waals surface area contributed by atoms with Crippen LogP contribution in [-0.2, 0) is 4.74 Å². The summed E-state index contributed by atoms with van der Waals surface area (Å²) < 4.78 is 5.29. The van der Waals surface area contributed by atoms with E-state index in [2.05, 4.69) is 18.7 Å². The molecule has 0 N–H and O–H groups in total. The van der Waals surface area contributed by atoms with Crippen LogP contribution in [0.4, 0.5) is 4.79 Å². The number of amides is 1. The van der Waals surface area contributed by atoms with Gasteiger partial charge in [0.2, 0.25) is 0 Å². The van der Waals surface area contributed by atoms with Gasteiger partial charge in [0, 0.05) is 13.1 Å². The van der Waals surface area contributed by atoms with Gasteiger partial charge in [-0.25, -0.2) is 4.79 Å². The fourth-order valence-electron chi connectivity index (χ4n) is 1.68. The Labute approximate surface area is 92.2 Å². The zero-order valence-corrected chi connectivity index (χ0v) is 10.0. The van der Waals surface area contributed by atoms with Crippen molar-refractivity contribution in [2.45, 2.75) is 32.8 Å². The van der Waals surface area contributed by atoms with Gasteiger partial charge in [0.25, 0.3) is 0 Å². The van der Waals surface area contributed by atoms with Gasteiger partial charge in [0.05, 0.1) is 6.54 Å². The van der Waals surface area contributed by atoms with Crippen LogP contribution in [0.1, 0.15) is 26.7 Å². The third-order valence-corrected chi connectivity index (χ3v) is 2.79. The number of hydrogen-bond donors (Lipinski definition) is 0. The monoisotopic (exact) mass is 214 g/mol. The maximum absolute atomic E-state index is 11.4. The lowest BCUT2D eigenvalue weighted by Gasteiger charge is -2.17. The molecule has 0 aromatic carbocycles. The molecule has 1 atom stereocenters. The number of cyclic esters (lactones) is 1. The minimum absolute atomic E-state index is 0.0549. The van der Waals surface area contributed by atoms with E-state index in [9.17, 15) is 4.79 Å². The Hall–Kier alpha value is -0.770. The Morgan fingerprint density at radius 3 is 2.87 bits per heavy atom. The van der Waals surface area contributed by atoms with E-state index in [1.165, 1.54) is 0 Å². The molecule has 15 heavy (non-hydrogen) atoms. The normalized spacial score (nSPS) is 21.2. The van der Waals surface area contributed by atoms with Crippen molar-refractivity contribution in [2.75, 3.05) is 33.2 Å².